The first kappa shape index (κ1) is 41.5. The number of urea groups is 1. The highest BCUT2D eigenvalue weighted by Gasteiger charge is 2.33. The van der Waals surface area contributed by atoms with Gasteiger partial charge in [-0.3, -0.25) is 19.4 Å². The van der Waals surface area contributed by atoms with Gasteiger partial charge in [-0.2, -0.15) is 0 Å². The Hall–Kier alpha value is -4.95. The van der Waals surface area contributed by atoms with Crippen molar-refractivity contribution in [2.24, 2.45) is 11.8 Å². The highest BCUT2D eigenvalue weighted by atomic mass is 16.6. The maximum atomic E-state index is 13.6. The normalized spacial score (nSPS) is 14.5. The molecule has 15 nitrogen and oxygen atoms in total. The van der Waals surface area contributed by atoms with Crippen molar-refractivity contribution in [3.63, 3.8) is 0 Å². The molecule has 0 saturated carbocycles. The van der Waals surface area contributed by atoms with Crippen LogP contribution >= 0.6 is 0 Å². The second kappa shape index (κ2) is 18.0. The molecule has 0 radical (unpaired) electrons. The van der Waals surface area contributed by atoms with Crippen molar-refractivity contribution >= 4 is 41.8 Å². The molecule has 1 saturated heterocycles. The van der Waals surface area contributed by atoms with Crippen LogP contribution in [0.4, 0.5) is 26.0 Å². The van der Waals surface area contributed by atoms with Gasteiger partial charge >= 0.3 is 30.2 Å². The topological polar surface area (TPSA) is 183 Å². The van der Waals surface area contributed by atoms with E-state index in [2.05, 4.69) is 9.97 Å². The summed E-state index contributed by atoms with van der Waals surface area (Å²) >= 11 is 0. The van der Waals surface area contributed by atoms with Crippen LogP contribution in [-0.4, -0.2) is 112 Å². The summed E-state index contributed by atoms with van der Waals surface area (Å²) in [7, 11) is 3.23. The van der Waals surface area contributed by atoms with Crippen molar-refractivity contribution < 1.29 is 43.7 Å². The van der Waals surface area contributed by atoms with E-state index in [9.17, 15) is 34.2 Å². The van der Waals surface area contributed by atoms with Gasteiger partial charge in [0, 0.05) is 52.7 Å². The van der Waals surface area contributed by atoms with Crippen LogP contribution in [0.1, 0.15) is 78.4 Å². The molecule has 2 aromatic heterocycles. The van der Waals surface area contributed by atoms with Gasteiger partial charge in [0.05, 0.1) is 11.8 Å². The van der Waals surface area contributed by atoms with E-state index in [1.165, 1.54) is 19.6 Å². The Kier molecular flexibility index (Phi) is 14.4. The Bertz CT molecular complexity index is 1460. The largest absolute Gasteiger partial charge is 0.481 e. The van der Waals surface area contributed by atoms with Crippen molar-refractivity contribution in [1.29, 1.82) is 0 Å². The van der Waals surface area contributed by atoms with E-state index in [0.29, 0.717) is 74.6 Å². The fraction of sp³-hybridized carbons (Fsp3) is 0.595. The lowest BCUT2D eigenvalue weighted by Gasteiger charge is -2.25. The third-order valence-electron chi connectivity index (χ3n) is 8.35. The van der Waals surface area contributed by atoms with Gasteiger partial charge in [0.2, 0.25) is 0 Å². The van der Waals surface area contributed by atoms with Crippen LogP contribution in [0.25, 0.3) is 0 Å². The lowest BCUT2D eigenvalue weighted by atomic mass is 9.95. The second-order valence-corrected chi connectivity index (χ2v) is 15.2. The van der Waals surface area contributed by atoms with Gasteiger partial charge in [-0.15, -0.1) is 0 Å². The molecule has 0 spiro atoms. The van der Waals surface area contributed by atoms with Gasteiger partial charge in [-0.25, -0.2) is 24.4 Å². The van der Waals surface area contributed by atoms with Crippen LogP contribution in [0.5, 0.6) is 0 Å². The third kappa shape index (κ3) is 13.0. The first-order chi connectivity index (χ1) is 24.2. The van der Waals surface area contributed by atoms with E-state index >= 15 is 0 Å². The number of rotatable bonds is 16. The molecule has 2 unspecified atom stereocenters. The molecule has 2 aromatic rings. The molecule has 0 aliphatic carbocycles. The lowest BCUT2D eigenvalue weighted by Crippen LogP contribution is -2.35. The van der Waals surface area contributed by atoms with Gasteiger partial charge < -0.3 is 29.5 Å². The van der Waals surface area contributed by atoms with Gasteiger partial charge in [0.15, 0.2) is 0 Å². The first-order valence-electron chi connectivity index (χ1n) is 17.6. The number of hydrogen-bond acceptors (Lipinski definition) is 9. The lowest BCUT2D eigenvalue weighted by molar-refractivity contribution is -0.143. The molecule has 0 aromatic carbocycles. The number of carbonyl (C=O) groups excluding carboxylic acids is 3. The Labute approximate surface area is 305 Å². The molecule has 286 valence electrons. The van der Waals surface area contributed by atoms with Crippen molar-refractivity contribution in [2.75, 3.05) is 50.1 Å². The number of carboxylic acid groups (broad SMARTS) is 2. The second-order valence-electron chi connectivity index (χ2n) is 15.2. The monoisotopic (exact) mass is 726 g/mol. The number of aromatic nitrogens is 2. The summed E-state index contributed by atoms with van der Waals surface area (Å²) in [5.74, 6) is -2.55. The van der Waals surface area contributed by atoms with Crippen LogP contribution in [-0.2, 0) is 31.9 Å². The first-order valence-corrected chi connectivity index (χ1v) is 17.6. The van der Waals surface area contributed by atoms with Crippen LogP contribution < -0.4 is 9.80 Å². The number of ether oxygens (including phenoxy) is 2. The fourth-order valence-corrected chi connectivity index (χ4v) is 5.64. The maximum Gasteiger partial charge on any atom is 0.410 e. The Morgan fingerprint density at radius 2 is 1.10 bits per heavy atom. The molecule has 2 atom stereocenters. The summed E-state index contributed by atoms with van der Waals surface area (Å²) in [5, 5.41) is 19.8. The van der Waals surface area contributed by atoms with Gasteiger partial charge in [0.25, 0.3) is 0 Å². The molecular weight excluding hydrogens is 672 g/mol. The molecule has 2 N–H and O–H groups in total. The summed E-state index contributed by atoms with van der Waals surface area (Å²) in [6, 6.07) is 6.53. The fourth-order valence-electron chi connectivity index (χ4n) is 5.64. The summed E-state index contributed by atoms with van der Waals surface area (Å²) in [4.78, 5) is 77.0. The van der Waals surface area contributed by atoms with E-state index in [0.717, 1.165) is 0 Å². The molecule has 1 aliphatic heterocycles. The van der Waals surface area contributed by atoms with Crippen LogP contribution in [0, 0.1) is 11.8 Å². The number of anilines is 2. The minimum absolute atomic E-state index is 0.221. The zero-order valence-electron chi connectivity index (χ0n) is 31.6. The summed E-state index contributed by atoms with van der Waals surface area (Å²) < 4.78 is 10.7. The molecule has 52 heavy (non-hydrogen) atoms. The average Bonchev–Trinajstić information content (AvgIpc) is 3.43. The molecule has 3 heterocycles. The number of hydrogen-bond donors (Lipinski definition) is 2. The molecule has 4 amide bonds. The summed E-state index contributed by atoms with van der Waals surface area (Å²) in [6.07, 6.45) is 4.21. The smallest absolute Gasteiger partial charge is 0.410 e. The molecule has 0 bridgehead atoms. The van der Waals surface area contributed by atoms with Gasteiger partial charge in [-0.05, 0) is 115 Å². The van der Waals surface area contributed by atoms with E-state index in [4.69, 9.17) is 9.47 Å². The maximum absolute atomic E-state index is 13.6. The Morgan fingerprint density at radius 1 is 0.731 bits per heavy atom. The van der Waals surface area contributed by atoms with E-state index < -0.39 is 47.2 Å². The van der Waals surface area contributed by atoms with Gasteiger partial charge in [0.1, 0.15) is 22.8 Å². The Morgan fingerprint density at radius 3 is 1.42 bits per heavy atom. The Balaban J connectivity index is 1.60. The van der Waals surface area contributed by atoms with Crippen molar-refractivity contribution in [1.82, 2.24) is 19.8 Å². The number of carbonyl (C=O) groups is 5. The highest BCUT2D eigenvalue weighted by molar-refractivity contribution is 6.05. The number of carboxylic acids is 2. The number of aliphatic carboxylic acids is 2. The van der Waals surface area contributed by atoms with E-state index in [1.54, 1.807) is 92.3 Å². The predicted molar refractivity (Wildman–Crippen MR) is 194 cm³/mol. The number of nitrogens with zero attached hydrogens (tertiary/aromatic N) is 6. The molecular formula is C37H54N6O9. The standard InChI is InChI=1S/C37H54N6O9/c1-36(2,3)51-34(49)40(7)17-9-11-27(31(44)45)21-25-13-15-38-29(23-25)42-19-20-43(33(42)48)30-24-26(14-16-39-30)22-28(32(46)47)12-10-18-41(8)35(50)52-37(4,5)6/h13-16,23-24,27-28H,9-12,17-22H2,1-8H3,(H,44,45)(H,46,47). The summed E-state index contributed by atoms with van der Waals surface area (Å²) in [5.41, 5.74) is 0.167. The zero-order chi connectivity index (χ0) is 38.8. The van der Waals surface area contributed by atoms with Crippen LogP contribution in [0.15, 0.2) is 36.7 Å². The molecule has 3 rings (SSSR count). The van der Waals surface area contributed by atoms with Crippen molar-refractivity contribution in [3.05, 3.63) is 47.8 Å². The third-order valence-corrected chi connectivity index (χ3v) is 8.35. The number of amides is 4. The van der Waals surface area contributed by atoms with Crippen molar-refractivity contribution in [2.45, 2.75) is 91.3 Å². The summed E-state index contributed by atoms with van der Waals surface area (Å²) in [6.45, 7) is 12.0. The van der Waals surface area contributed by atoms with Crippen LogP contribution in [0.2, 0.25) is 0 Å². The quantitative estimate of drug-likeness (QED) is 0.216. The van der Waals surface area contributed by atoms with E-state index in [-0.39, 0.29) is 18.9 Å². The van der Waals surface area contributed by atoms with Gasteiger partial charge in [-0.1, -0.05) is 0 Å². The predicted octanol–water partition coefficient (Wildman–Crippen LogP) is 5.70. The molecule has 15 heteroatoms. The molecule has 1 fully saturated rings. The van der Waals surface area contributed by atoms with Crippen LogP contribution in [0.3, 0.4) is 0 Å². The molecule has 1 aliphatic rings. The SMILES string of the molecule is CN(CCCC(Cc1ccnc(N2CCN(c3cc(CC(CCCN(C)C(=O)OC(C)(C)C)C(=O)O)ccn3)C2=O)c1)C(=O)O)C(=O)OC(C)(C)C. The minimum Gasteiger partial charge on any atom is -0.481 e. The zero-order valence-corrected chi connectivity index (χ0v) is 31.6. The highest BCUT2D eigenvalue weighted by Crippen LogP contribution is 2.26. The van der Waals surface area contributed by atoms with Crippen molar-refractivity contribution in [3.8, 4) is 0 Å². The average molecular weight is 727 g/mol. The minimum atomic E-state index is -0.953. The van der Waals surface area contributed by atoms with E-state index in [1.807, 2.05) is 0 Å². The number of pyridine rings is 2.